The molecule has 0 aliphatic heterocycles. The molecule has 0 fully saturated rings. The van der Waals surface area contributed by atoms with Gasteiger partial charge < -0.3 is 13.6 Å². The van der Waals surface area contributed by atoms with Crippen molar-refractivity contribution in [3.05, 3.63) is 77.0 Å². The van der Waals surface area contributed by atoms with Crippen LogP contribution in [0.2, 0.25) is 0 Å². The largest absolute Gasteiger partial charge is 0.484 e. The van der Waals surface area contributed by atoms with Gasteiger partial charge in [0.1, 0.15) is 16.9 Å². The molecule has 118 valence electrons. The standard InChI is InChI=1S/C18H12N2O4/c21-18-14(10-12-6-4-5-9-15(12)23-18)17-20-19-16(24-17)11-22-13-7-2-1-3-8-13/h1-10H,11H2. The van der Waals surface area contributed by atoms with Gasteiger partial charge >= 0.3 is 5.63 Å². The van der Waals surface area contributed by atoms with Gasteiger partial charge in [0.05, 0.1) is 0 Å². The molecule has 0 atom stereocenters. The molecule has 2 aromatic carbocycles. The Hall–Kier alpha value is -3.41. The van der Waals surface area contributed by atoms with Crippen molar-refractivity contribution in [2.24, 2.45) is 0 Å². The van der Waals surface area contributed by atoms with Crippen LogP contribution in [0.15, 0.2) is 74.3 Å². The number of aromatic nitrogens is 2. The zero-order chi connectivity index (χ0) is 16.4. The second-order valence-corrected chi connectivity index (χ2v) is 5.09. The molecule has 0 saturated carbocycles. The first-order valence-corrected chi connectivity index (χ1v) is 7.33. The van der Waals surface area contributed by atoms with E-state index in [9.17, 15) is 4.79 Å². The number of ether oxygens (including phenoxy) is 1. The zero-order valence-electron chi connectivity index (χ0n) is 12.5. The molecule has 2 heterocycles. The summed E-state index contributed by atoms with van der Waals surface area (Å²) < 4.78 is 16.3. The summed E-state index contributed by atoms with van der Waals surface area (Å²) in [6.07, 6.45) is 0. The lowest BCUT2D eigenvalue weighted by Gasteiger charge is -2.01. The number of para-hydroxylation sites is 2. The predicted octanol–water partition coefficient (Wildman–Crippen LogP) is 3.42. The average Bonchev–Trinajstić information content (AvgIpc) is 3.09. The van der Waals surface area contributed by atoms with Gasteiger partial charge in [0.25, 0.3) is 11.8 Å². The van der Waals surface area contributed by atoms with Gasteiger partial charge in [-0.05, 0) is 24.3 Å². The van der Waals surface area contributed by atoms with Gasteiger partial charge in [0, 0.05) is 5.39 Å². The maximum absolute atomic E-state index is 12.1. The molecule has 0 bridgehead atoms. The highest BCUT2D eigenvalue weighted by Gasteiger charge is 2.15. The Morgan fingerprint density at radius 3 is 2.58 bits per heavy atom. The van der Waals surface area contributed by atoms with Crippen LogP contribution in [0.25, 0.3) is 22.4 Å². The summed E-state index contributed by atoms with van der Waals surface area (Å²) in [7, 11) is 0. The van der Waals surface area contributed by atoms with Crippen LogP contribution >= 0.6 is 0 Å². The van der Waals surface area contributed by atoms with Gasteiger partial charge in [0.2, 0.25) is 0 Å². The molecule has 0 saturated heterocycles. The first-order valence-electron chi connectivity index (χ1n) is 7.33. The van der Waals surface area contributed by atoms with E-state index in [1.54, 1.807) is 18.2 Å². The number of hydrogen-bond donors (Lipinski definition) is 0. The highest BCUT2D eigenvalue weighted by atomic mass is 16.5. The highest BCUT2D eigenvalue weighted by molar-refractivity contribution is 5.79. The van der Waals surface area contributed by atoms with Crippen molar-refractivity contribution >= 4 is 11.0 Å². The van der Waals surface area contributed by atoms with Gasteiger partial charge in [0.15, 0.2) is 6.61 Å². The Labute approximate surface area is 136 Å². The SMILES string of the molecule is O=c1oc2ccccc2cc1-c1nnc(COc2ccccc2)o1. The van der Waals surface area contributed by atoms with E-state index in [1.165, 1.54) is 0 Å². The molecule has 0 radical (unpaired) electrons. The number of nitrogens with zero attached hydrogens (tertiary/aromatic N) is 2. The fourth-order valence-electron chi connectivity index (χ4n) is 2.29. The molecule has 2 aromatic heterocycles. The van der Waals surface area contributed by atoms with Crippen molar-refractivity contribution < 1.29 is 13.6 Å². The molecule has 6 heteroatoms. The van der Waals surface area contributed by atoms with Crippen LogP contribution in [0.1, 0.15) is 5.89 Å². The summed E-state index contributed by atoms with van der Waals surface area (Å²) in [5.41, 5.74) is 0.221. The molecule has 4 aromatic rings. The van der Waals surface area contributed by atoms with Crippen LogP contribution < -0.4 is 10.4 Å². The topological polar surface area (TPSA) is 78.4 Å². The third kappa shape index (κ3) is 2.77. The first-order chi connectivity index (χ1) is 11.8. The van der Waals surface area contributed by atoms with Gasteiger partial charge in [-0.25, -0.2) is 4.79 Å². The minimum Gasteiger partial charge on any atom is -0.484 e. The van der Waals surface area contributed by atoms with Gasteiger partial charge in [-0.1, -0.05) is 36.4 Å². The predicted molar refractivity (Wildman–Crippen MR) is 86.6 cm³/mol. The Balaban J connectivity index is 1.60. The maximum Gasteiger partial charge on any atom is 0.349 e. The van der Waals surface area contributed by atoms with Gasteiger partial charge in [-0.15, -0.1) is 10.2 Å². The minimum absolute atomic E-state index is 0.112. The fourth-order valence-corrected chi connectivity index (χ4v) is 2.29. The molecular weight excluding hydrogens is 308 g/mol. The van der Waals surface area contributed by atoms with Crippen LogP contribution in [-0.4, -0.2) is 10.2 Å². The summed E-state index contributed by atoms with van der Waals surface area (Å²) in [6.45, 7) is 0.121. The molecule has 0 unspecified atom stereocenters. The van der Waals surface area contributed by atoms with Crippen molar-refractivity contribution in [1.82, 2.24) is 10.2 Å². The molecule has 4 rings (SSSR count). The second kappa shape index (κ2) is 6.00. The Bertz CT molecular complexity index is 1040. The summed E-state index contributed by atoms with van der Waals surface area (Å²) in [5.74, 6) is 1.09. The minimum atomic E-state index is -0.520. The van der Waals surface area contributed by atoms with Crippen LogP contribution in [0.5, 0.6) is 5.75 Å². The molecular formula is C18H12N2O4. The summed E-state index contributed by atoms with van der Waals surface area (Å²) in [5, 5.41) is 8.60. The molecule has 0 amide bonds. The highest BCUT2D eigenvalue weighted by Crippen LogP contribution is 2.20. The normalized spacial score (nSPS) is 10.8. The summed E-state index contributed by atoms with van der Waals surface area (Å²) in [6, 6.07) is 18.2. The molecule has 0 aliphatic carbocycles. The van der Waals surface area contributed by atoms with Crippen molar-refractivity contribution in [3.63, 3.8) is 0 Å². The number of rotatable bonds is 4. The summed E-state index contributed by atoms with van der Waals surface area (Å²) >= 11 is 0. The Morgan fingerprint density at radius 2 is 1.71 bits per heavy atom. The molecule has 0 spiro atoms. The van der Waals surface area contributed by atoms with Crippen LogP contribution in [0.3, 0.4) is 0 Å². The van der Waals surface area contributed by atoms with Crippen LogP contribution in [-0.2, 0) is 6.61 Å². The number of benzene rings is 2. The maximum atomic E-state index is 12.1. The fraction of sp³-hybridized carbons (Fsp3) is 0.0556. The molecule has 6 nitrogen and oxygen atoms in total. The number of hydrogen-bond acceptors (Lipinski definition) is 6. The van der Waals surface area contributed by atoms with E-state index in [4.69, 9.17) is 13.6 Å². The number of fused-ring (bicyclic) bond motifs is 1. The Morgan fingerprint density at radius 1 is 0.917 bits per heavy atom. The lowest BCUT2D eigenvalue weighted by Crippen LogP contribution is -2.02. The van der Waals surface area contributed by atoms with Crippen molar-refractivity contribution in [2.45, 2.75) is 6.61 Å². The van der Waals surface area contributed by atoms with E-state index in [0.29, 0.717) is 11.3 Å². The molecule has 24 heavy (non-hydrogen) atoms. The lowest BCUT2D eigenvalue weighted by molar-refractivity contribution is 0.264. The third-order valence-electron chi connectivity index (χ3n) is 3.44. The second-order valence-electron chi connectivity index (χ2n) is 5.09. The monoisotopic (exact) mass is 320 g/mol. The third-order valence-corrected chi connectivity index (χ3v) is 3.44. The first kappa shape index (κ1) is 14.2. The van der Waals surface area contributed by atoms with E-state index < -0.39 is 5.63 Å². The van der Waals surface area contributed by atoms with Crippen LogP contribution in [0.4, 0.5) is 0 Å². The van der Waals surface area contributed by atoms with Crippen LogP contribution in [0, 0.1) is 0 Å². The van der Waals surface area contributed by atoms with Crippen molar-refractivity contribution in [2.75, 3.05) is 0 Å². The van der Waals surface area contributed by atoms with E-state index in [-0.39, 0.29) is 24.0 Å². The van der Waals surface area contributed by atoms with Gasteiger partial charge in [-0.3, -0.25) is 0 Å². The molecule has 0 aliphatic rings. The molecule has 0 N–H and O–H groups in total. The quantitative estimate of drug-likeness (QED) is 0.536. The van der Waals surface area contributed by atoms with Crippen molar-refractivity contribution in [3.8, 4) is 17.2 Å². The Kier molecular flexibility index (Phi) is 3.55. The van der Waals surface area contributed by atoms with Gasteiger partial charge in [-0.2, -0.15) is 0 Å². The average molecular weight is 320 g/mol. The van der Waals surface area contributed by atoms with E-state index in [2.05, 4.69) is 10.2 Å². The van der Waals surface area contributed by atoms with E-state index in [0.717, 1.165) is 5.39 Å². The van der Waals surface area contributed by atoms with Crippen molar-refractivity contribution in [1.29, 1.82) is 0 Å². The smallest absolute Gasteiger partial charge is 0.349 e. The zero-order valence-corrected chi connectivity index (χ0v) is 12.5. The summed E-state index contributed by atoms with van der Waals surface area (Å²) in [4.78, 5) is 12.1. The lowest BCUT2D eigenvalue weighted by atomic mass is 10.2. The van der Waals surface area contributed by atoms with E-state index >= 15 is 0 Å². The van der Waals surface area contributed by atoms with E-state index in [1.807, 2.05) is 42.5 Å².